The number of nitrogen functional groups attached to an aromatic ring is 1. The lowest BCUT2D eigenvalue weighted by molar-refractivity contribution is -0.385. The van der Waals surface area contributed by atoms with Gasteiger partial charge < -0.3 is 11.1 Å². The van der Waals surface area contributed by atoms with Crippen LogP contribution in [0.3, 0.4) is 0 Å². The summed E-state index contributed by atoms with van der Waals surface area (Å²) in [4.78, 5) is 22.9. The van der Waals surface area contributed by atoms with E-state index in [1.165, 1.54) is 31.0 Å². The predicted molar refractivity (Wildman–Crippen MR) is 81.0 cm³/mol. The minimum Gasteiger partial charge on any atom is -0.399 e. The average molecular weight is 291 g/mol. The maximum absolute atomic E-state index is 12.4. The molecule has 114 valence electrons. The molecule has 0 bridgehead atoms. The number of nitrogens with zero attached hydrogens (tertiary/aromatic N) is 1. The quantitative estimate of drug-likeness (QED) is 0.387. The van der Waals surface area contributed by atoms with E-state index >= 15 is 0 Å². The van der Waals surface area contributed by atoms with E-state index in [0.29, 0.717) is 11.6 Å². The highest BCUT2D eigenvalue weighted by atomic mass is 16.6. The van der Waals surface area contributed by atoms with Crippen LogP contribution in [0, 0.1) is 16.0 Å². The van der Waals surface area contributed by atoms with Gasteiger partial charge in [0.05, 0.1) is 4.92 Å². The molecule has 1 aromatic rings. The van der Waals surface area contributed by atoms with Crippen molar-refractivity contribution in [3.63, 3.8) is 0 Å². The number of amides is 1. The monoisotopic (exact) mass is 291 g/mol. The Morgan fingerprint density at radius 1 is 1.33 bits per heavy atom. The van der Waals surface area contributed by atoms with Gasteiger partial charge in [-0.25, -0.2) is 0 Å². The molecule has 0 spiro atoms. The Hall–Kier alpha value is -2.11. The molecule has 1 fully saturated rings. The zero-order valence-corrected chi connectivity index (χ0v) is 12.2. The third-order valence-electron chi connectivity index (χ3n) is 4.14. The Bertz CT molecular complexity index is 545. The van der Waals surface area contributed by atoms with Crippen molar-refractivity contribution in [1.82, 2.24) is 5.32 Å². The summed E-state index contributed by atoms with van der Waals surface area (Å²) >= 11 is 0. The van der Waals surface area contributed by atoms with Crippen LogP contribution in [0.2, 0.25) is 0 Å². The van der Waals surface area contributed by atoms with Gasteiger partial charge in [-0.1, -0.05) is 26.2 Å². The van der Waals surface area contributed by atoms with E-state index in [2.05, 4.69) is 12.2 Å². The molecule has 0 radical (unpaired) electrons. The van der Waals surface area contributed by atoms with Crippen LogP contribution in [0.5, 0.6) is 0 Å². The average Bonchev–Trinajstić information content (AvgIpc) is 2.63. The van der Waals surface area contributed by atoms with Gasteiger partial charge in [-0.2, -0.15) is 0 Å². The second-order valence-electron chi connectivity index (χ2n) is 5.73. The van der Waals surface area contributed by atoms with Gasteiger partial charge in [0, 0.05) is 17.8 Å². The lowest BCUT2D eigenvalue weighted by Gasteiger charge is -2.22. The van der Waals surface area contributed by atoms with Gasteiger partial charge in [-0.3, -0.25) is 14.9 Å². The molecular weight excluding hydrogens is 270 g/mol. The Labute approximate surface area is 123 Å². The van der Waals surface area contributed by atoms with E-state index in [0.717, 1.165) is 19.3 Å². The number of carbonyl (C=O) groups is 1. The summed E-state index contributed by atoms with van der Waals surface area (Å²) in [5.41, 5.74) is 5.83. The molecule has 1 amide bonds. The molecule has 3 N–H and O–H groups in total. The van der Waals surface area contributed by atoms with Crippen molar-refractivity contribution in [2.75, 3.05) is 5.73 Å². The van der Waals surface area contributed by atoms with Crippen LogP contribution in [0.15, 0.2) is 18.2 Å². The normalized spacial score (nSPS) is 22.3. The molecule has 1 saturated carbocycles. The molecule has 2 unspecified atom stereocenters. The van der Waals surface area contributed by atoms with Crippen LogP contribution < -0.4 is 11.1 Å². The fraction of sp³-hybridized carbons (Fsp3) is 0.533. The highest BCUT2D eigenvalue weighted by Crippen LogP contribution is 2.25. The highest BCUT2D eigenvalue weighted by Gasteiger charge is 2.26. The van der Waals surface area contributed by atoms with Crippen LogP contribution in [0.25, 0.3) is 0 Å². The molecule has 1 aliphatic rings. The van der Waals surface area contributed by atoms with Crippen molar-refractivity contribution >= 4 is 17.3 Å². The number of rotatable bonds is 3. The summed E-state index contributed by atoms with van der Waals surface area (Å²) in [7, 11) is 0. The molecule has 1 aliphatic carbocycles. The van der Waals surface area contributed by atoms with Crippen LogP contribution in [0.1, 0.15) is 49.4 Å². The maximum atomic E-state index is 12.4. The number of nitrogens with two attached hydrogens (primary N) is 1. The van der Waals surface area contributed by atoms with E-state index in [1.807, 2.05) is 0 Å². The van der Waals surface area contributed by atoms with E-state index in [1.54, 1.807) is 0 Å². The summed E-state index contributed by atoms with van der Waals surface area (Å²) in [5, 5.41) is 14.0. The van der Waals surface area contributed by atoms with Crippen molar-refractivity contribution in [3.05, 3.63) is 33.9 Å². The zero-order chi connectivity index (χ0) is 15.4. The molecule has 0 saturated heterocycles. The molecule has 0 aliphatic heterocycles. The molecule has 0 aromatic heterocycles. The summed E-state index contributed by atoms with van der Waals surface area (Å²) in [6.07, 6.45) is 5.42. The topological polar surface area (TPSA) is 98.3 Å². The molecule has 6 heteroatoms. The first-order valence-electron chi connectivity index (χ1n) is 7.34. The summed E-state index contributed by atoms with van der Waals surface area (Å²) in [5.74, 6) is -0.0238. The molecule has 1 aromatic carbocycles. The summed E-state index contributed by atoms with van der Waals surface area (Å²) in [6.45, 7) is 2.12. The largest absolute Gasteiger partial charge is 0.399 e. The summed E-state index contributed by atoms with van der Waals surface area (Å²) < 4.78 is 0. The highest BCUT2D eigenvalue weighted by molar-refractivity contribution is 5.99. The third-order valence-corrected chi connectivity index (χ3v) is 4.14. The number of benzene rings is 1. The number of nitrogens with one attached hydrogen (secondary N) is 1. The lowest BCUT2D eigenvalue weighted by atomic mass is 9.96. The number of anilines is 1. The fourth-order valence-corrected chi connectivity index (χ4v) is 2.85. The lowest BCUT2D eigenvalue weighted by Crippen LogP contribution is -2.39. The van der Waals surface area contributed by atoms with Crippen molar-refractivity contribution in [1.29, 1.82) is 0 Å². The van der Waals surface area contributed by atoms with Gasteiger partial charge in [-0.15, -0.1) is 0 Å². The minimum atomic E-state index is -0.551. The Morgan fingerprint density at radius 3 is 2.76 bits per heavy atom. The van der Waals surface area contributed by atoms with Crippen LogP contribution in [0.4, 0.5) is 11.4 Å². The Balaban J connectivity index is 2.19. The van der Waals surface area contributed by atoms with E-state index in [9.17, 15) is 14.9 Å². The third kappa shape index (κ3) is 3.71. The van der Waals surface area contributed by atoms with Gasteiger partial charge in [-0.05, 0) is 30.9 Å². The van der Waals surface area contributed by atoms with Crippen molar-refractivity contribution in [2.24, 2.45) is 5.92 Å². The SMILES string of the molecule is CC1CCCCCC1NC(=O)c1cc(N)ccc1[N+](=O)[O-]. The van der Waals surface area contributed by atoms with Crippen LogP contribution in [-0.2, 0) is 0 Å². The van der Waals surface area contributed by atoms with Gasteiger partial charge in [0.25, 0.3) is 11.6 Å². The van der Waals surface area contributed by atoms with Crippen molar-refractivity contribution in [3.8, 4) is 0 Å². The number of nitro groups is 1. The standard InChI is InChI=1S/C15H21N3O3/c1-10-5-3-2-4-6-13(10)17-15(19)12-9-11(16)7-8-14(12)18(20)21/h7-10,13H,2-6,16H2,1H3,(H,17,19). The van der Waals surface area contributed by atoms with Crippen LogP contribution >= 0.6 is 0 Å². The molecule has 2 rings (SSSR count). The van der Waals surface area contributed by atoms with Crippen LogP contribution in [-0.4, -0.2) is 16.9 Å². The predicted octanol–water partition coefficient (Wildman–Crippen LogP) is 2.88. The first-order chi connectivity index (χ1) is 9.99. The second kappa shape index (κ2) is 6.56. The number of nitro benzene ring substituents is 1. The fourth-order valence-electron chi connectivity index (χ4n) is 2.85. The number of carbonyl (C=O) groups excluding carboxylic acids is 1. The number of hydrogen-bond acceptors (Lipinski definition) is 4. The molecule has 6 nitrogen and oxygen atoms in total. The summed E-state index contributed by atoms with van der Waals surface area (Å²) in [6, 6.07) is 4.15. The van der Waals surface area contributed by atoms with Crippen molar-refractivity contribution < 1.29 is 9.72 Å². The Morgan fingerprint density at radius 2 is 2.05 bits per heavy atom. The number of hydrogen-bond donors (Lipinski definition) is 2. The molecular formula is C15H21N3O3. The molecule has 21 heavy (non-hydrogen) atoms. The molecule has 2 atom stereocenters. The van der Waals surface area contributed by atoms with E-state index in [4.69, 9.17) is 5.73 Å². The van der Waals surface area contributed by atoms with E-state index in [-0.39, 0.29) is 17.3 Å². The first kappa shape index (κ1) is 15.3. The smallest absolute Gasteiger partial charge is 0.282 e. The first-order valence-corrected chi connectivity index (χ1v) is 7.34. The Kier molecular flexibility index (Phi) is 4.77. The van der Waals surface area contributed by atoms with Crippen molar-refractivity contribution in [2.45, 2.75) is 45.1 Å². The van der Waals surface area contributed by atoms with Gasteiger partial charge >= 0.3 is 0 Å². The minimum absolute atomic E-state index is 0.0384. The van der Waals surface area contributed by atoms with Gasteiger partial charge in [0.15, 0.2) is 0 Å². The molecule has 0 heterocycles. The second-order valence-corrected chi connectivity index (χ2v) is 5.73. The zero-order valence-electron chi connectivity index (χ0n) is 12.2. The van der Waals surface area contributed by atoms with Gasteiger partial charge in [0.1, 0.15) is 5.56 Å². The van der Waals surface area contributed by atoms with Gasteiger partial charge in [0.2, 0.25) is 0 Å². The maximum Gasteiger partial charge on any atom is 0.282 e. The van der Waals surface area contributed by atoms with E-state index < -0.39 is 10.8 Å².